The lowest BCUT2D eigenvalue weighted by atomic mass is 10.1. The van der Waals surface area contributed by atoms with Crippen LogP contribution in [-0.4, -0.2) is 36.5 Å². The largest absolute Gasteiger partial charge is 0.496 e. The summed E-state index contributed by atoms with van der Waals surface area (Å²) in [4.78, 5) is 18.3. The molecule has 1 heterocycles. The molecule has 1 aromatic carbocycles. The molecule has 0 saturated heterocycles. The topological polar surface area (TPSA) is 54.5 Å². The van der Waals surface area contributed by atoms with Gasteiger partial charge in [-0.2, -0.15) is 0 Å². The van der Waals surface area contributed by atoms with Crippen molar-refractivity contribution in [2.75, 3.05) is 26.0 Å². The minimum Gasteiger partial charge on any atom is -0.496 e. The summed E-state index contributed by atoms with van der Waals surface area (Å²) >= 11 is 3.32. The Kier molecular flexibility index (Phi) is 6.12. The Bertz CT molecular complexity index is 661. The van der Waals surface area contributed by atoms with Gasteiger partial charge in [-0.25, -0.2) is 4.98 Å². The van der Waals surface area contributed by atoms with E-state index >= 15 is 0 Å². The third-order valence-corrected chi connectivity index (χ3v) is 4.11. The van der Waals surface area contributed by atoms with Crippen molar-refractivity contribution >= 4 is 27.7 Å². The van der Waals surface area contributed by atoms with Crippen LogP contribution in [0.25, 0.3) is 0 Å². The summed E-state index contributed by atoms with van der Waals surface area (Å²) in [5.74, 6) is 1.25. The lowest BCUT2D eigenvalue weighted by Crippen LogP contribution is -2.32. The van der Waals surface area contributed by atoms with E-state index in [1.165, 1.54) is 0 Å². The fourth-order valence-corrected chi connectivity index (χ4v) is 2.48. The molecule has 2 aromatic rings. The summed E-state index contributed by atoms with van der Waals surface area (Å²) in [6.45, 7) is 2.31. The minimum atomic E-state index is -0.107. The Labute approximate surface area is 144 Å². The molecular formula is C17H20BrN3O2. The Morgan fingerprint density at radius 2 is 2.09 bits per heavy atom. The fourth-order valence-electron chi connectivity index (χ4n) is 2.24. The van der Waals surface area contributed by atoms with Crippen LogP contribution in [-0.2, 0) is 4.79 Å². The smallest absolute Gasteiger partial charge is 0.239 e. The number of methoxy groups -OCH3 is 1. The predicted molar refractivity (Wildman–Crippen MR) is 94.6 cm³/mol. The van der Waals surface area contributed by atoms with E-state index < -0.39 is 0 Å². The van der Waals surface area contributed by atoms with Crippen molar-refractivity contribution in [2.24, 2.45) is 0 Å². The number of pyridine rings is 1. The first-order valence-corrected chi connectivity index (χ1v) is 8.05. The Hall–Kier alpha value is -1.92. The highest BCUT2D eigenvalue weighted by molar-refractivity contribution is 9.10. The normalized spacial score (nSPS) is 12.0. The second kappa shape index (κ2) is 8.08. The van der Waals surface area contributed by atoms with Gasteiger partial charge >= 0.3 is 0 Å². The third kappa shape index (κ3) is 4.77. The van der Waals surface area contributed by atoms with E-state index in [0.29, 0.717) is 5.82 Å². The average molecular weight is 378 g/mol. The zero-order valence-electron chi connectivity index (χ0n) is 13.4. The van der Waals surface area contributed by atoms with Crippen LogP contribution in [0.15, 0.2) is 47.1 Å². The number of hydrogen-bond donors (Lipinski definition) is 1. The van der Waals surface area contributed by atoms with Crippen molar-refractivity contribution in [2.45, 2.75) is 13.0 Å². The molecule has 0 spiro atoms. The Morgan fingerprint density at radius 3 is 2.74 bits per heavy atom. The van der Waals surface area contributed by atoms with Gasteiger partial charge in [-0.15, -0.1) is 0 Å². The molecule has 1 N–H and O–H groups in total. The standard InChI is InChI=1S/C17H20BrN3O2/c1-12(14-6-4-5-7-15(14)23-3)21(2)11-17(22)20-16-9-8-13(18)10-19-16/h4-10,12H,11H2,1-3H3,(H,19,20,22)/t12-/m0/s1. The predicted octanol–water partition coefficient (Wildman–Crippen LogP) is 3.48. The summed E-state index contributed by atoms with van der Waals surface area (Å²) in [7, 11) is 3.56. The van der Waals surface area contributed by atoms with Gasteiger partial charge in [0.1, 0.15) is 11.6 Å². The highest BCUT2D eigenvalue weighted by Gasteiger charge is 2.18. The molecule has 0 unspecified atom stereocenters. The van der Waals surface area contributed by atoms with E-state index in [4.69, 9.17) is 4.74 Å². The number of carbonyl (C=O) groups excluding carboxylic acids is 1. The number of anilines is 1. The number of halogens is 1. The molecule has 0 radical (unpaired) electrons. The first-order chi connectivity index (χ1) is 11.0. The minimum absolute atomic E-state index is 0.0507. The first-order valence-electron chi connectivity index (χ1n) is 7.26. The molecule has 0 aliphatic rings. The number of likely N-dealkylation sites (N-methyl/N-ethyl adjacent to an activating group) is 1. The van der Waals surface area contributed by atoms with E-state index in [1.54, 1.807) is 19.4 Å². The Morgan fingerprint density at radius 1 is 1.35 bits per heavy atom. The number of benzene rings is 1. The molecule has 23 heavy (non-hydrogen) atoms. The van der Waals surface area contributed by atoms with Gasteiger partial charge in [0, 0.05) is 22.3 Å². The maximum Gasteiger partial charge on any atom is 0.239 e. The number of carbonyl (C=O) groups is 1. The molecule has 2 rings (SSSR count). The molecule has 0 bridgehead atoms. The summed E-state index contributed by atoms with van der Waals surface area (Å²) in [5, 5.41) is 2.79. The summed E-state index contributed by atoms with van der Waals surface area (Å²) < 4.78 is 6.26. The van der Waals surface area contributed by atoms with Gasteiger partial charge in [0.25, 0.3) is 0 Å². The van der Waals surface area contributed by atoms with Crippen molar-refractivity contribution in [1.82, 2.24) is 9.88 Å². The maximum atomic E-state index is 12.2. The highest BCUT2D eigenvalue weighted by Crippen LogP contribution is 2.27. The van der Waals surface area contributed by atoms with Crippen LogP contribution in [0.4, 0.5) is 5.82 Å². The van der Waals surface area contributed by atoms with Crippen molar-refractivity contribution < 1.29 is 9.53 Å². The fraction of sp³-hybridized carbons (Fsp3) is 0.294. The molecule has 0 aliphatic heterocycles. The first kappa shape index (κ1) is 17.4. The van der Waals surface area contributed by atoms with Crippen molar-refractivity contribution in [3.05, 3.63) is 52.6 Å². The average Bonchev–Trinajstić information content (AvgIpc) is 2.56. The van der Waals surface area contributed by atoms with Crippen LogP contribution in [0.5, 0.6) is 5.75 Å². The summed E-state index contributed by atoms with van der Waals surface area (Å²) in [6, 6.07) is 11.5. The third-order valence-electron chi connectivity index (χ3n) is 3.64. The molecule has 0 aliphatic carbocycles. The van der Waals surface area contributed by atoms with Crippen molar-refractivity contribution in [3.8, 4) is 5.75 Å². The van der Waals surface area contributed by atoms with Gasteiger partial charge in [-0.3, -0.25) is 9.69 Å². The van der Waals surface area contributed by atoms with Gasteiger partial charge < -0.3 is 10.1 Å². The van der Waals surface area contributed by atoms with Crippen LogP contribution in [0.3, 0.4) is 0 Å². The zero-order valence-corrected chi connectivity index (χ0v) is 15.0. The SMILES string of the molecule is COc1ccccc1[C@H](C)N(C)CC(=O)Nc1ccc(Br)cn1. The van der Waals surface area contributed by atoms with Gasteiger partial charge in [0.05, 0.1) is 13.7 Å². The lowest BCUT2D eigenvalue weighted by molar-refractivity contribution is -0.117. The van der Waals surface area contributed by atoms with Crippen LogP contribution in [0.2, 0.25) is 0 Å². The molecule has 1 atom stereocenters. The van der Waals surface area contributed by atoms with Crippen LogP contribution >= 0.6 is 15.9 Å². The Balaban J connectivity index is 1.98. The number of amides is 1. The van der Waals surface area contributed by atoms with Gasteiger partial charge in [-0.1, -0.05) is 18.2 Å². The lowest BCUT2D eigenvalue weighted by Gasteiger charge is -2.25. The second-order valence-electron chi connectivity index (χ2n) is 5.24. The summed E-state index contributed by atoms with van der Waals surface area (Å²) in [6.07, 6.45) is 1.65. The number of nitrogens with zero attached hydrogens (tertiary/aromatic N) is 2. The number of ether oxygens (including phenoxy) is 1. The number of nitrogens with one attached hydrogen (secondary N) is 1. The number of aromatic nitrogens is 1. The maximum absolute atomic E-state index is 12.2. The molecule has 0 fully saturated rings. The van der Waals surface area contributed by atoms with Crippen LogP contribution < -0.4 is 10.1 Å². The molecule has 1 amide bonds. The van der Waals surface area contributed by atoms with Gasteiger partial charge in [-0.05, 0) is 48.1 Å². The van der Waals surface area contributed by atoms with E-state index in [1.807, 2.05) is 49.2 Å². The van der Waals surface area contributed by atoms with E-state index in [0.717, 1.165) is 15.8 Å². The second-order valence-corrected chi connectivity index (χ2v) is 6.16. The quantitative estimate of drug-likeness (QED) is 0.836. The van der Waals surface area contributed by atoms with E-state index in [-0.39, 0.29) is 18.5 Å². The monoisotopic (exact) mass is 377 g/mol. The summed E-state index contributed by atoms with van der Waals surface area (Å²) in [5.41, 5.74) is 1.05. The van der Waals surface area contributed by atoms with Crippen LogP contribution in [0, 0.1) is 0 Å². The van der Waals surface area contributed by atoms with E-state index in [9.17, 15) is 4.79 Å². The molecule has 6 heteroatoms. The van der Waals surface area contributed by atoms with Gasteiger partial charge in [0.2, 0.25) is 5.91 Å². The highest BCUT2D eigenvalue weighted by atomic mass is 79.9. The molecule has 1 aromatic heterocycles. The number of para-hydroxylation sites is 1. The van der Waals surface area contributed by atoms with Crippen molar-refractivity contribution in [3.63, 3.8) is 0 Å². The number of rotatable bonds is 6. The molecule has 0 saturated carbocycles. The van der Waals surface area contributed by atoms with Gasteiger partial charge in [0.15, 0.2) is 0 Å². The van der Waals surface area contributed by atoms with Crippen molar-refractivity contribution in [1.29, 1.82) is 0 Å². The van der Waals surface area contributed by atoms with E-state index in [2.05, 4.69) is 26.2 Å². The zero-order chi connectivity index (χ0) is 16.8. The molecular weight excluding hydrogens is 358 g/mol. The molecule has 5 nitrogen and oxygen atoms in total. The molecule has 122 valence electrons. The number of hydrogen-bond acceptors (Lipinski definition) is 4. The van der Waals surface area contributed by atoms with Crippen LogP contribution in [0.1, 0.15) is 18.5 Å².